The second kappa shape index (κ2) is 7.04. The van der Waals surface area contributed by atoms with Gasteiger partial charge in [-0.15, -0.1) is 5.10 Å². The topological polar surface area (TPSA) is 58.4 Å². The van der Waals surface area contributed by atoms with Crippen molar-refractivity contribution in [2.24, 2.45) is 0 Å². The van der Waals surface area contributed by atoms with Crippen molar-refractivity contribution < 1.29 is 14.2 Å². The number of aromatic nitrogens is 3. The van der Waals surface area contributed by atoms with Crippen LogP contribution in [0, 0.1) is 0 Å². The Kier molecular flexibility index (Phi) is 4.65. The Bertz CT molecular complexity index is 790. The van der Waals surface area contributed by atoms with Crippen molar-refractivity contribution in [1.82, 2.24) is 15.0 Å². The molecule has 0 amide bonds. The summed E-state index contributed by atoms with van der Waals surface area (Å²) in [4.78, 5) is 0. The van der Waals surface area contributed by atoms with Crippen molar-refractivity contribution in [3.05, 3.63) is 54.2 Å². The third kappa shape index (κ3) is 3.17. The van der Waals surface area contributed by atoms with Gasteiger partial charge in [-0.1, -0.05) is 35.5 Å². The average Bonchev–Trinajstić information content (AvgIpc) is 3.10. The van der Waals surface area contributed by atoms with Gasteiger partial charge >= 0.3 is 0 Å². The molecule has 1 heterocycles. The fourth-order valence-corrected chi connectivity index (χ4v) is 2.53. The van der Waals surface area contributed by atoms with E-state index in [0.29, 0.717) is 23.8 Å². The molecule has 0 aliphatic carbocycles. The SMILES string of the molecule is COc1cc(Cn2cc(-c3ccccc3)nn2)cc(OC)c1OC. The third-order valence-corrected chi connectivity index (χ3v) is 3.68. The van der Waals surface area contributed by atoms with Crippen molar-refractivity contribution in [3.63, 3.8) is 0 Å². The molecule has 0 saturated heterocycles. The lowest BCUT2D eigenvalue weighted by atomic mass is 10.1. The lowest BCUT2D eigenvalue weighted by Crippen LogP contribution is -2.03. The minimum atomic E-state index is 0.552. The molecule has 24 heavy (non-hydrogen) atoms. The number of hydrogen-bond donors (Lipinski definition) is 0. The summed E-state index contributed by atoms with van der Waals surface area (Å²) in [6.45, 7) is 0.552. The minimum absolute atomic E-state index is 0.552. The Labute approximate surface area is 140 Å². The van der Waals surface area contributed by atoms with Gasteiger partial charge in [-0.05, 0) is 17.7 Å². The van der Waals surface area contributed by atoms with E-state index in [1.807, 2.05) is 48.7 Å². The first-order valence-corrected chi connectivity index (χ1v) is 7.49. The van der Waals surface area contributed by atoms with Gasteiger partial charge in [-0.2, -0.15) is 0 Å². The monoisotopic (exact) mass is 325 g/mol. The van der Waals surface area contributed by atoms with Gasteiger partial charge in [0.05, 0.1) is 34.1 Å². The van der Waals surface area contributed by atoms with Gasteiger partial charge in [0.2, 0.25) is 5.75 Å². The van der Waals surface area contributed by atoms with E-state index in [-0.39, 0.29) is 0 Å². The Morgan fingerprint density at radius 3 is 2.17 bits per heavy atom. The molecule has 0 spiro atoms. The summed E-state index contributed by atoms with van der Waals surface area (Å²) in [5, 5.41) is 8.42. The molecule has 0 N–H and O–H groups in total. The van der Waals surface area contributed by atoms with Crippen LogP contribution in [0.25, 0.3) is 11.3 Å². The zero-order chi connectivity index (χ0) is 16.9. The Morgan fingerprint density at radius 1 is 0.917 bits per heavy atom. The fourth-order valence-electron chi connectivity index (χ4n) is 2.53. The van der Waals surface area contributed by atoms with Crippen molar-refractivity contribution in [1.29, 1.82) is 0 Å². The first-order chi connectivity index (χ1) is 11.7. The maximum Gasteiger partial charge on any atom is 0.203 e. The zero-order valence-electron chi connectivity index (χ0n) is 13.9. The standard InChI is InChI=1S/C18H19N3O3/c1-22-16-9-13(10-17(23-2)18(16)24-3)11-21-12-15(19-20-21)14-7-5-4-6-8-14/h4-10,12H,11H2,1-3H3. The molecule has 0 saturated carbocycles. The molecular weight excluding hydrogens is 306 g/mol. The van der Waals surface area contributed by atoms with E-state index >= 15 is 0 Å². The highest BCUT2D eigenvalue weighted by atomic mass is 16.5. The van der Waals surface area contributed by atoms with E-state index in [1.54, 1.807) is 26.0 Å². The molecule has 0 aliphatic heterocycles. The van der Waals surface area contributed by atoms with Crippen LogP contribution in [-0.4, -0.2) is 36.3 Å². The maximum atomic E-state index is 5.38. The van der Waals surface area contributed by atoms with Gasteiger partial charge in [0.25, 0.3) is 0 Å². The number of nitrogens with zero attached hydrogens (tertiary/aromatic N) is 3. The Morgan fingerprint density at radius 2 is 1.58 bits per heavy atom. The molecule has 0 unspecified atom stereocenters. The van der Waals surface area contributed by atoms with Crippen molar-refractivity contribution in [3.8, 4) is 28.5 Å². The van der Waals surface area contributed by atoms with E-state index in [2.05, 4.69) is 10.3 Å². The van der Waals surface area contributed by atoms with Gasteiger partial charge in [0, 0.05) is 5.56 Å². The second-order valence-electron chi connectivity index (χ2n) is 5.20. The summed E-state index contributed by atoms with van der Waals surface area (Å²) in [5.74, 6) is 1.82. The van der Waals surface area contributed by atoms with Gasteiger partial charge < -0.3 is 14.2 Å². The molecular formula is C18H19N3O3. The van der Waals surface area contributed by atoms with Gasteiger partial charge in [0.1, 0.15) is 5.69 Å². The van der Waals surface area contributed by atoms with E-state index < -0.39 is 0 Å². The van der Waals surface area contributed by atoms with Crippen LogP contribution in [0.3, 0.4) is 0 Å². The highest BCUT2D eigenvalue weighted by molar-refractivity contribution is 5.57. The summed E-state index contributed by atoms with van der Waals surface area (Å²) in [6, 6.07) is 13.8. The molecule has 0 bridgehead atoms. The smallest absolute Gasteiger partial charge is 0.203 e. The first kappa shape index (κ1) is 15.9. The van der Waals surface area contributed by atoms with E-state index in [0.717, 1.165) is 16.8 Å². The molecule has 3 rings (SSSR count). The molecule has 0 radical (unpaired) electrons. The minimum Gasteiger partial charge on any atom is -0.493 e. The Balaban J connectivity index is 1.88. The van der Waals surface area contributed by atoms with Crippen LogP contribution in [0.2, 0.25) is 0 Å². The van der Waals surface area contributed by atoms with Crippen LogP contribution >= 0.6 is 0 Å². The van der Waals surface area contributed by atoms with Crippen molar-refractivity contribution in [2.75, 3.05) is 21.3 Å². The third-order valence-electron chi connectivity index (χ3n) is 3.68. The number of methoxy groups -OCH3 is 3. The zero-order valence-corrected chi connectivity index (χ0v) is 13.9. The first-order valence-electron chi connectivity index (χ1n) is 7.49. The number of ether oxygens (including phenoxy) is 3. The highest BCUT2D eigenvalue weighted by Gasteiger charge is 2.14. The molecule has 0 atom stereocenters. The maximum absolute atomic E-state index is 5.38. The molecule has 124 valence electrons. The quantitative estimate of drug-likeness (QED) is 0.697. The van der Waals surface area contributed by atoms with Crippen LogP contribution < -0.4 is 14.2 Å². The lowest BCUT2D eigenvalue weighted by molar-refractivity contribution is 0.323. The van der Waals surface area contributed by atoms with Gasteiger partial charge in [-0.3, -0.25) is 0 Å². The van der Waals surface area contributed by atoms with Crippen LogP contribution in [-0.2, 0) is 6.54 Å². The van der Waals surface area contributed by atoms with Crippen LogP contribution in [0.1, 0.15) is 5.56 Å². The molecule has 0 aliphatic rings. The average molecular weight is 325 g/mol. The predicted molar refractivity (Wildman–Crippen MR) is 90.7 cm³/mol. The molecule has 0 fully saturated rings. The summed E-state index contributed by atoms with van der Waals surface area (Å²) in [7, 11) is 4.79. The second-order valence-corrected chi connectivity index (χ2v) is 5.20. The van der Waals surface area contributed by atoms with E-state index in [1.165, 1.54) is 0 Å². The van der Waals surface area contributed by atoms with Gasteiger partial charge in [0.15, 0.2) is 11.5 Å². The normalized spacial score (nSPS) is 10.5. The van der Waals surface area contributed by atoms with Crippen molar-refractivity contribution >= 4 is 0 Å². The summed E-state index contributed by atoms with van der Waals surface area (Å²) >= 11 is 0. The summed E-state index contributed by atoms with van der Waals surface area (Å²) in [5.41, 5.74) is 2.85. The summed E-state index contributed by atoms with van der Waals surface area (Å²) < 4.78 is 17.9. The van der Waals surface area contributed by atoms with Crippen molar-refractivity contribution in [2.45, 2.75) is 6.54 Å². The molecule has 3 aromatic rings. The molecule has 1 aromatic heterocycles. The molecule has 6 heteroatoms. The van der Waals surface area contributed by atoms with Crippen LogP contribution in [0.15, 0.2) is 48.7 Å². The fraction of sp³-hybridized carbons (Fsp3) is 0.222. The molecule has 6 nitrogen and oxygen atoms in total. The van der Waals surface area contributed by atoms with Gasteiger partial charge in [-0.25, -0.2) is 4.68 Å². The number of rotatable bonds is 6. The molecule has 2 aromatic carbocycles. The number of benzene rings is 2. The predicted octanol–water partition coefficient (Wildman–Crippen LogP) is 3.02. The van der Waals surface area contributed by atoms with Crippen LogP contribution in [0.4, 0.5) is 0 Å². The van der Waals surface area contributed by atoms with E-state index in [4.69, 9.17) is 14.2 Å². The largest absolute Gasteiger partial charge is 0.493 e. The van der Waals surface area contributed by atoms with Crippen LogP contribution in [0.5, 0.6) is 17.2 Å². The lowest BCUT2D eigenvalue weighted by Gasteiger charge is -2.14. The summed E-state index contributed by atoms with van der Waals surface area (Å²) in [6.07, 6.45) is 1.92. The Hall–Kier alpha value is -3.02. The number of hydrogen-bond acceptors (Lipinski definition) is 5. The van der Waals surface area contributed by atoms with E-state index in [9.17, 15) is 0 Å². The highest BCUT2D eigenvalue weighted by Crippen LogP contribution is 2.38.